The molecule has 5 amide bonds. The molecule has 0 N–H and O–H groups in total. The van der Waals surface area contributed by atoms with Gasteiger partial charge in [-0.1, -0.05) is 90.5 Å². The van der Waals surface area contributed by atoms with Crippen molar-refractivity contribution in [1.82, 2.24) is 9.80 Å². The first kappa shape index (κ1) is 29.5. The SMILES string of the molecule is Cc1cccc([C@@H]2[C@@H]3C(=O)N(Cc4ccccc4)C(=O)[C@@H]3[C@]3(Cc4ccccc4)C(=O)N(c4ccc(C(F)(F)F)cc4)C(=O)N23)c1. The largest absolute Gasteiger partial charge is 0.416 e. The van der Waals surface area contributed by atoms with Gasteiger partial charge < -0.3 is 4.90 Å². The van der Waals surface area contributed by atoms with E-state index in [-0.39, 0.29) is 18.7 Å². The first-order chi connectivity index (χ1) is 22.0. The van der Waals surface area contributed by atoms with E-state index in [0.29, 0.717) is 11.1 Å². The Morgan fingerprint density at radius 3 is 1.98 bits per heavy atom. The van der Waals surface area contributed by atoms with Gasteiger partial charge in [0.05, 0.1) is 35.7 Å². The number of carbonyl (C=O) groups excluding carboxylic acids is 4. The Morgan fingerprint density at radius 1 is 0.739 bits per heavy atom. The zero-order valence-electron chi connectivity index (χ0n) is 24.6. The monoisotopic (exact) mass is 623 g/mol. The summed E-state index contributed by atoms with van der Waals surface area (Å²) in [5, 5.41) is 0. The summed E-state index contributed by atoms with van der Waals surface area (Å²) in [7, 11) is 0. The van der Waals surface area contributed by atoms with Crippen molar-refractivity contribution in [2.45, 2.75) is 37.6 Å². The third kappa shape index (κ3) is 4.42. The smallest absolute Gasteiger partial charge is 0.300 e. The molecule has 4 aromatic rings. The summed E-state index contributed by atoms with van der Waals surface area (Å²) in [4.78, 5) is 61.6. The van der Waals surface area contributed by atoms with Gasteiger partial charge >= 0.3 is 12.2 Å². The van der Waals surface area contributed by atoms with Crippen LogP contribution >= 0.6 is 0 Å². The molecule has 7 nitrogen and oxygen atoms in total. The van der Waals surface area contributed by atoms with E-state index in [1.807, 2.05) is 25.1 Å². The van der Waals surface area contributed by atoms with E-state index >= 15 is 0 Å². The van der Waals surface area contributed by atoms with Gasteiger partial charge in [0.15, 0.2) is 0 Å². The molecule has 4 aromatic carbocycles. The van der Waals surface area contributed by atoms with Gasteiger partial charge in [-0.2, -0.15) is 13.2 Å². The van der Waals surface area contributed by atoms with Gasteiger partial charge in [0.25, 0.3) is 5.91 Å². The first-order valence-corrected chi connectivity index (χ1v) is 14.9. The lowest BCUT2D eigenvalue weighted by Crippen LogP contribution is -2.55. The normalized spacial score (nSPS) is 24.2. The molecule has 0 radical (unpaired) electrons. The van der Waals surface area contributed by atoms with Crippen LogP contribution in [0.3, 0.4) is 0 Å². The number of carbonyl (C=O) groups is 4. The molecular weight excluding hydrogens is 595 g/mol. The van der Waals surface area contributed by atoms with E-state index in [0.717, 1.165) is 40.3 Å². The summed E-state index contributed by atoms with van der Waals surface area (Å²) in [6.07, 6.45) is -4.69. The molecule has 0 aromatic heterocycles. The molecule has 0 unspecified atom stereocenters. The minimum atomic E-state index is -4.62. The molecule has 0 aliphatic carbocycles. The summed E-state index contributed by atoms with van der Waals surface area (Å²) in [5.74, 6) is -4.08. The molecule has 0 spiro atoms. The quantitative estimate of drug-likeness (QED) is 0.186. The van der Waals surface area contributed by atoms with Crippen molar-refractivity contribution in [2.75, 3.05) is 4.90 Å². The van der Waals surface area contributed by atoms with Crippen molar-refractivity contribution in [3.05, 3.63) is 137 Å². The standard InChI is InChI=1S/C36H28F3N3O4/c1-22-9-8-14-25(19-22)30-28-29(32(44)40(31(28)43)21-24-12-6-3-7-13-24)35(20-23-10-4-2-5-11-23)33(45)41(34(46)42(30)35)27-17-15-26(16-18-27)36(37,38)39/h2-19,28-30H,20-21H2,1H3/t28-,29-,30-,35-/m1/s1. The van der Waals surface area contributed by atoms with Crippen LogP contribution in [0.15, 0.2) is 109 Å². The van der Waals surface area contributed by atoms with Crippen LogP contribution in [0.5, 0.6) is 0 Å². The highest BCUT2D eigenvalue weighted by molar-refractivity contribution is 6.27. The molecular formula is C36H28F3N3O4. The summed E-state index contributed by atoms with van der Waals surface area (Å²) in [6.45, 7) is 1.86. The highest BCUT2D eigenvalue weighted by atomic mass is 19.4. The topological polar surface area (TPSA) is 78.0 Å². The molecule has 3 aliphatic rings. The van der Waals surface area contributed by atoms with Crippen molar-refractivity contribution in [3.8, 4) is 0 Å². The number of urea groups is 1. The number of aryl methyl sites for hydroxylation is 1. The molecule has 4 atom stereocenters. The lowest BCUT2D eigenvalue weighted by atomic mass is 9.75. The van der Waals surface area contributed by atoms with Crippen LogP contribution in [-0.2, 0) is 33.5 Å². The van der Waals surface area contributed by atoms with Crippen LogP contribution in [0.4, 0.5) is 23.7 Å². The van der Waals surface area contributed by atoms with Crippen molar-refractivity contribution in [1.29, 1.82) is 0 Å². The van der Waals surface area contributed by atoms with Gasteiger partial charge in [0, 0.05) is 6.42 Å². The predicted octanol–water partition coefficient (Wildman–Crippen LogP) is 6.32. The van der Waals surface area contributed by atoms with Gasteiger partial charge in [-0.25, -0.2) is 9.69 Å². The van der Waals surface area contributed by atoms with E-state index in [4.69, 9.17) is 0 Å². The molecule has 3 heterocycles. The zero-order chi connectivity index (χ0) is 32.4. The molecule has 10 heteroatoms. The van der Waals surface area contributed by atoms with Gasteiger partial charge in [-0.05, 0) is 47.9 Å². The van der Waals surface area contributed by atoms with Crippen LogP contribution < -0.4 is 4.90 Å². The van der Waals surface area contributed by atoms with Crippen LogP contribution in [-0.4, -0.2) is 39.1 Å². The van der Waals surface area contributed by atoms with Gasteiger partial charge in [0.1, 0.15) is 5.54 Å². The summed E-state index contributed by atoms with van der Waals surface area (Å²) >= 11 is 0. The van der Waals surface area contributed by atoms with E-state index in [1.54, 1.807) is 66.7 Å². The Hall–Kier alpha value is -5.25. The minimum Gasteiger partial charge on any atom is -0.300 e. The van der Waals surface area contributed by atoms with Crippen LogP contribution in [0.25, 0.3) is 0 Å². The summed E-state index contributed by atoms with van der Waals surface area (Å²) in [6, 6.07) is 27.2. The lowest BCUT2D eigenvalue weighted by Gasteiger charge is -2.35. The number of alkyl halides is 3. The molecule has 3 aliphatic heterocycles. The molecule has 7 rings (SSSR count). The van der Waals surface area contributed by atoms with Crippen LogP contribution in [0, 0.1) is 18.8 Å². The number of hydrogen-bond donors (Lipinski definition) is 0. The number of hydrogen-bond acceptors (Lipinski definition) is 4. The highest BCUT2D eigenvalue weighted by Gasteiger charge is 2.77. The molecule has 232 valence electrons. The Morgan fingerprint density at radius 2 is 1.37 bits per heavy atom. The Kier molecular flexibility index (Phi) is 6.84. The summed E-state index contributed by atoms with van der Waals surface area (Å²) < 4.78 is 40.2. The number of amides is 5. The fraction of sp³-hybridized carbons (Fsp3) is 0.222. The predicted molar refractivity (Wildman–Crippen MR) is 162 cm³/mol. The number of halogens is 3. The van der Waals surface area contributed by atoms with E-state index in [9.17, 15) is 32.3 Å². The first-order valence-electron chi connectivity index (χ1n) is 14.9. The van der Waals surface area contributed by atoms with Crippen LogP contribution in [0.1, 0.15) is 33.9 Å². The maximum absolute atomic E-state index is 14.9. The lowest BCUT2D eigenvalue weighted by molar-refractivity contribution is -0.145. The Balaban J connectivity index is 1.42. The van der Waals surface area contributed by atoms with E-state index < -0.39 is 58.9 Å². The maximum Gasteiger partial charge on any atom is 0.416 e. The number of nitrogens with zero attached hydrogens (tertiary/aromatic N) is 3. The van der Waals surface area contributed by atoms with Crippen molar-refractivity contribution < 1.29 is 32.3 Å². The second-order valence-electron chi connectivity index (χ2n) is 12.0. The van der Waals surface area contributed by atoms with E-state index in [1.165, 1.54) is 9.80 Å². The third-order valence-corrected chi connectivity index (χ3v) is 9.31. The Labute approximate surface area is 262 Å². The zero-order valence-corrected chi connectivity index (χ0v) is 24.6. The van der Waals surface area contributed by atoms with Crippen molar-refractivity contribution >= 4 is 29.4 Å². The number of likely N-dealkylation sites (tertiary alicyclic amines) is 1. The molecule has 3 fully saturated rings. The number of anilines is 1. The average molecular weight is 624 g/mol. The minimum absolute atomic E-state index is 0.00177. The van der Waals surface area contributed by atoms with Crippen molar-refractivity contribution in [2.24, 2.45) is 11.8 Å². The average Bonchev–Trinajstić information content (AvgIpc) is 3.55. The maximum atomic E-state index is 14.9. The fourth-order valence-corrected chi connectivity index (χ4v) is 7.38. The summed E-state index contributed by atoms with van der Waals surface area (Å²) in [5.41, 5.74) is 0.0215. The van der Waals surface area contributed by atoms with Gasteiger partial charge in [0.2, 0.25) is 11.8 Å². The second kappa shape index (κ2) is 10.7. The fourth-order valence-electron chi connectivity index (χ4n) is 7.38. The number of benzene rings is 4. The second-order valence-corrected chi connectivity index (χ2v) is 12.0. The van der Waals surface area contributed by atoms with Gasteiger partial charge in [-0.3, -0.25) is 19.3 Å². The molecule has 3 saturated heterocycles. The number of imide groups is 2. The highest BCUT2D eigenvalue weighted by Crippen LogP contribution is 2.60. The molecule has 0 saturated carbocycles. The van der Waals surface area contributed by atoms with E-state index in [2.05, 4.69) is 0 Å². The Bertz CT molecular complexity index is 1860. The van der Waals surface area contributed by atoms with Crippen LogP contribution in [0.2, 0.25) is 0 Å². The molecule has 46 heavy (non-hydrogen) atoms. The number of fused-ring (bicyclic) bond motifs is 3. The van der Waals surface area contributed by atoms with Gasteiger partial charge in [-0.15, -0.1) is 0 Å². The number of rotatable bonds is 6. The molecule has 0 bridgehead atoms. The third-order valence-electron chi connectivity index (χ3n) is 9.31. The van der Waals surface area contributed by atoms with Crippen molar-refractivity contribution in [3.63, 3.8) is 0 Å².